The summed E-state index contributed by atoms with van der Waals surface area (Å²) < 4.78 is 0. The van der Waals surface area contributed by atoms with Gasteiger partial charge in [-0.25, -0.2) is 4.79 Å². The van der Waals surface area contributed by atoms with Crippen LogP contribution in [0.4, 0.5) is 0 Å². The molecule has 0 amide bonds. The Kier molecular flexibility index (Phi) is 7.96. The van der Waals surface area contributed by atoms with Gasteiger partial charge in [0.2, 0.25) is 0 Å². The molecule has 1 N–H and O–H groups in total. The maximum absolute atomic E-state index is 9.25. The zero-order chi connectivity index (χ0) is 14.0. The minimum atomic E-state index is -0.981. The van der Waals surface area contributed by atoms with Gasteiger partial charge < -0.3 is 5.11 Å². The summed E-state index contributed by atoms with van der Waals surface area (Å²) >= 11 is 0. The van der Waals surface area contributed by atoms with Gasteiger partial charge in [-0.2, -0.15) is 5.26 Å². The van der Waals surface area contributed by atoms with Gasteiger partial charge in [0.25, 0.3) is 0 Å². The van der Waals surface area contributed by atoms with Crippen molar-refractivity contribution in [2.75, 3.05) is 0 Å². The summed E-state index contributed by atoms with van der Waals surface area (Å²) in [5, 5.41) is 16.6. The highest BCUT2D eigenvalue weighted by Gasteiger charge is 2.11. The number of nitriles is 1. The largest absolute Gasteiger partial charge is 0.478 e. The lowest BCUT2D eigenvalue weighted by molar-refractivity contribution is -0.131. The molecule has 0 aromatic heterocycles. The molecule has 0 bridgehead atoms. The minimum absolute atomic E-state index is 0.0567. The molecule has 0 heterocycles. The third-order valence-corrected chi connectivity index (χ3v) is 2.24. The highest BCUT2D eigenvalue weighted by molar-refractivity contribution is 5.78. The van der Waals surface area contributed by atoms with Gasteiger partial charge in [0.05, 0.1) is 12.0 Å². The summed E-state index contributed by atoms with van der Waals surface area (Å²) in [5.74, 6) is -0.351. The first-order chi connectivity index (χ1) is 8.51. The fourth-order valence-electron chi connectivity index (χ4n) is 1.42. The molecule has 1 unspecified atom stereocenters. The third kappa shape index (κ3) is 7.24. The summed E-state index contributed by atoms with van der Waals surface area (Å²) in [5.41, 5.74) is 1.14. The maximum Gasteiger partial charge on any atom is 0.327 e. The molecule has 0 aliphatic rings. The van der Waals surface area contributed by atoms with Crippen molar-refractivity contribution in [2.24, 2.45) is 5.92 Å². The standard InChI is InChI=1S/C12H15N.C3H4O2/c1-10(2)8-12(9-13)11-6-4-3-5-7-11;1-2-3(4)5/h3-7,10,12H,8H2,1-2H3;2H,1H2,(H,4,5). The Labute approximate surface area is 108 Å². The third-order valence-electron chi connectivity index (χ3n) is 2.24. The summed E-state index contributed by atoms with van der Waals surface area (Å²) in [7, 11) is 0. The Morgan fingerprint density at radius 3 is 2.28 bits per heavy atom. The number of rotatable bonds is 4. The molecular weight excluding hydrogens is 226 g/mol. The zero-order valence-electron chi connectivity index (χ0n) is 10.8. The number of benzene rings is 1. The summed E-state index contributed by atoms with van der Waals surface area (Å²) in [6.45, 7) is 7.25. The van der Waals surface area contributed by atoms with E-state index in [0.717, 1.165) is 18.1 Å². The number of aliphatic carboxylic acids is 1. The predicted octanol–water partition coefficient (Wildman–Crippen LogP) is 3.60. The van der Waals surface area contributed by atoms with Crippen molar-refractivity contribution in [2.45, 2.75) is 26.2 Å². The van der Waals surface area contributed by atoms with Crippen LogP contribution in [0.3, 0.4) is 0 Å². The summed E-state index contributed by atoms with van der Waals surface area (Å²) in [6.07, 6.45) is 1.78. The van der Waals surface area contributed by atoms with Gasteiger partial charge in [-0.05, 0) is 17.9 Å². The predicted molar refractivity (Wildman–Crippen MR) is 72.1 cm³/mol. The van der Waals surface area contributed by atoms with Gasteiger partial charge >= 0.3 is 5.97 Å². The average Bonchev–Trinajstić information content (AvgIpc) is 2.37. The monoisotopic (exact) mass is 245 g/mol. The Hall–Kier alpha value is -2.08. The van der Waals surface area contributed by atoms with E-state index in [1.54, 1.807) is 0 Å². The molecule has 0 saturated heterocycles. The number of carbonyl (C=O) groups is 1. The van der Waals surface area contributed by atoms with Crippen LogP contribution < -0.4 is 0 Å². The molecule has 1 atom stereocenters. The molecular formula is C15H19NO2. The van der Waals surface area contributed by atoms with Crippen LogP contribution in [0.15, 0.2) is 43.0 Å². The van der Waals surface area contributed by atoms with Crippen molar-refractivity contribution in [3.05, 3.63) is 48.6 Å². The lowest BCUT2D eigenvalue weighted by atomic mass is 9.92. The molecule has 18 heavy (non-hydrogen) atoms. The van der Waals surface area contributed by atoms with Gasteiger partial charge in [-0.15, -0.1) is 0 Å². The van der Waals surface area contributed by atoms with Gasteiger partial charge in [0.15, 0.2) is 0 Å². The molecule has 0 aliphatic heterocycles. The Bertz CT molecular complexity index is 404. The highest BCUT2D eigenvalue weighted by atomic mass is 16.4. The summed E-state index contributed by atoms with van der Waals surface area (Å²) in [4.78, 5) is 9.25. The van der Waals surface area contributed by atoms with Crippen molar-refractivity contribution in [1.29, 1.82) is 5.26 Å². The van der Waals surface area contributed by atoms with E-state index in [1.165, 1.54) is 0 Å². The Morgan fingerprint density at radius 1 is 1.44 bits per heavy atom. The first-order valence-corrected chi connectivity index (χ1v) is 5.81. The normalized spacial score (nSPS) is 10.8. The first kappa shape index (κ1) is 15.9. The van der Waals surface area contributed by atoms with Gasteiger partial charge in [0, 0.05) is 6.08 Å². The second-order valence-corrected chi connectivity index (χ2v) is 4.26. The fourth-order valence-corrected chi connectivity index (χ4v) is 1.42. The number of hydrogen-bond donors (Lipinski definition) is 1. The number of carboxylic acids is 1. The van der Waals surface area contributed by atoms with E-state index in [1.807, 2.05) is 30.3 Å². The zero-order valence-corrected chi connectivity index (χ0v) is 10.8. The van der Waals surface area contributed by atoms with Crippen LogP contribution in [-0.4, -0.2) is 11.1 Å². The van der Waals surface area contributed by atoms with E-state index in [2.05, 4.69) is 26.5 Å². The van der Waals surface area contributed by atoms with Crippen molar-refractivity contribution >= 4 is 5.97 Å². The molecule has 0 aliphatic carbocycles. The van der Waals surface area contributed by atoms with Gasteiger partial charge in [-0.1, -0.05) is 50.8 Å². The SMILES string of the molecule is C=CC(=O)O.CC(C)CC(C#N)c1ccccc1. The number of nitrogens with zero attached hydrogens (tertiary/aromatic N) is 1. The van der Waals surface area contributed by atoms with E-state index >= 15 is 0 Å². The topological polar surface area (TPSA) is 61.1 Å². The van der Waals surface area contributed by atoms with Crippen LogP contribution >= 0.6 is 0 Å². The van der Waals surface area contributed by atoms with Crippen LogP contribution in [0.1, 0.15) is 31.7 Å². The van der Waals surface area contributed by atoms with E-state index in [9.17, 15) is 4.79 Å². The average molecular weight is 245 g/mol. The fraction of sp³-hybridized carbons (Fsp3) is 0.333. The molecule has 0 saturated carbocycles. The number of hydrogen-bond acceptors (Lipinski definition) is 2. The van der Waals surface area contributed by atoms with Gasteiger partial charge in [-0.3, -0.25) is 0 Å². The Morgan fingerprint density at radius 2 is 1.94 bits per heavy atom. The van der Waals surface area contributed by atoms with E-state index in [-0.39, 0.29) is 5.92 Å². The van der Waals surface area contributed by atoms with Crippen LogP contribution in [0.25, 0.3) is 0 Å². The smallest absolute Gasteiger partial charge is 0.327 e. The first-order valence-electron chi connectivity index (χ1n) is 5.81. The highest BCUT2D eigenvalue weighted by Crippen LogP contribution is 2.22. The van der Waals surface area contributed by atoms with E-state index in [0.29, 0.717) is 5.92 Å². The molecule has 3 nitrogen and oxygen atoms in total. The number of carboxylic acid groups (broad SMARTS) is 1. The molecule has 1 aromatic carbocycles. The Balaban J connectivity index is 0.000000494. The lowest BCUT2D eigenvalue weighted by Gasteiger charge is -2.11. The van der Waals surface area contributed by atoms with Gasteiger partial charge in [0.1, 0.15) is 0 Å². The van der Waals surface area contributed by atoms with Crippen LogP contribution in [0.5, 0.6) is 0 Å². The lowest BCUT2D eigenvalue weighted by Crippen LogP contribution is -2.00. The van der Waals surface area contributed by atoms with Crippen LogP contribution in [0.2, 0.25) is 0 Å². The molecule has 0 fully saturated rings. The quantitative estimate of drug-likeness (QED) is 0.824. The van der Waals surface area contributed by atoms with Crippen molar-refractivity contribution in [3.8, 4) is 6.07 Å². The molecule has 96 valence electrons. The van der Waals surface area contributed by atoms with E-state index in [4.69, 9.17) is 10.4 Å². The summed E-state index contributed by atoms with van der Waals surface area (Å²) in [6, 6.07) is 12.3. The van der Waals surface area contributed by atoms with Crippen molar-refractivity contribution in [1.82, 2.24) is 0 Å². The van der Waals surface area contributed by atoms with Crippen molar-refractivity contribution < 1.29 is 9.90 Å². The minimum Gasteiger partial charge on any atom is -0.478 e. The van der Waals surface area contributed by atoms with E-state index < -0.39 is 5.97 Å². The second-order valence-electron chi connectivity index (χ2n) is 4.26. The maximum atomic E-state index is 9.25. The van der Waals surface area contributed by atoms with Crippen molar-refractivity contribution in [3.63, 3.8) is 0 Å². The molecule has 0 radical (unpaired) electrons. The molecule has 1 aromatic rings. The van der Waals surface area contributed by atoms with Crippen LogP contribution in [-0.2, 0) is 4.79 Å². The second kappa shape index (κ2) is 9.00. The molecule has 3 heteroatoms. The van der Waals surface area contributed by atoms with Crippen LogP contribution in [0, 0.1) is 17.2 Å². The molecule has 0 spiro atoms. The molecule has 1 rings (SSSR count).